The van der Waals surface area contributed by atoms with Gasteiger partial charge in [-0.2, -0.15) is 5.10 Å². The fraction of sp³-hybridized carbons (Fsp3) is 0.0556. The summed E-state index contributed by atoms with van der Waals surface area (Å²) >= 11 is 1.05. The minimum atomic E-state index is -0.548. The molecule has 0 atom stereocenters. The fourth-order valence-corrected chi connectivity index (χ4v) is 2.91. The van der Waals surface area contributed by atoms with Gasteiger partial charge in [0.1, 0.15) is 5.01 Å². The lowest BCUT2D eigenvalue weighted by Crippen LogP contribution is -2.19. The van der Waals surface area contributed by atoms with Crippen molar-refractivity contribution in [1.29, 1.82) is 0 Å². The molecule has 0 aliphatic carbocycles. The Labute approximate surface area is 168 Å². The molecule has 0 unspecified atom stereocenters. The van der Waals surface area contributed by atoms with E-state index >= 15 is 0 Å². The van der Waals surface area contributed by atoms with E-state index in [1.54, 1.807) is 0 Å². The number of hydrazone groups is 1. The third-order valence-electron chi connectivity index (χ3n) is 3.54. The predicted molar refractivity (Wildman–Crippen MR) is 107 cm³/mol. The van der Waals surface area contributed by atoms with E-state index in [4.69, 9.17) is 0 Å². The average Bonchev–Trinajstić information content (AvgIpc) is 3.15. The van der Waals surface area contributed by atoms with Gasteiger partial charge in [0.25, 0.3) is 11.6 Å². The molecule has 3 rings (SSSR count). The lowest BCUT2D eigenvalue weighted by atomic mass is 10.2. The molecule has 29 heavy (non-hydrogen) atoms. The lowest BCUT2D eigenvalue weighted by Gasteiger charge is -2.00. The Morgan fingerprint density at radius 3 is 2.52 bits per heavy atom. The van der Waals surface area contributed by atoms with Crippen molar-refractivity contribution in [2.24, 2.45) is 5.10 Å². The van der Waals surface area contributed by atoms with Gasteiger partial charge in [-0.15, -0.1) is 10.2 Å². The van der Waals surface area contributed by atoms with Crippen LogP contribution in [0.5, 0.6) is 0 Å². The second-order valence-corrected chi connectivity index (χ2v) is 6.70. The van der Waals surface area contributed by atoms with Gasteiger partial charge in [-0.1, -0.05) is 41.7 Å². The standard InChI is InChI=1S/C18H14N6O4S/c25-15(21-19-11-12-4-2-1-3-5-12)10-16-22-23-18(29-16)20-17(26)13-6-8-14(9-7-13)24(27)28/h1-9,11H,10H2,(H,21,25)(H,20,23,26)/b19-11-. The van der Waals surface area contributed by atoms with E-state index in [1.165, 1.54) is 30.5 Å². The Hall–Kier alpha value is -3.99. The number of nitrogens with zero attached hydrogens (tertiary/aromatic N) is 4. The molecule has 3 aromatic rings. The maximum absolute atomic E-state index is 12.2. The highest BCUT2D eigenvalue weighted by molar-refractivity contribution is 7.15. The molecule has 0 aliphatic rings. The van der Waals surface area contributed by atoms with Crippen molar-refractivity contribution in [3.05, 3.63) is 80.8 Å². The number of hydrogen-bond acceptors (Lipinski definition) is 8. The van der Waals surface area contributed by atoms with E-state index in [1.807, 2.05) is 30.3 Å². The minimum Gasteiger partial charge on any atom is -0.296 e. The molecule has 2 amide bonds. The van der Waals surface area contributed by atoms with Crippen molar-refractivity contribution in [3.8, 4) is 0 Å². The van der Waals surface area contributed by atoms with Crippen LogP contribution in [0.4, 0.5) is 10.8 Å². The third-order valence-corrected chi connectivity index (χ3v) is 4.38. The topological polar surface area (TPSA) is 139 Å². The molecule has 0 fully saturated rings. The molecule has 0 spiro atoms. The summed E-state index contributed by atoms with van der Waals surface area (Å²) < 4.78 is 0. The Bertz CT molecular complexity index is 1050. The van der Waals surface area contributed by atoms with Crippen molar-refractivity contribution in [2.45, 2.75) is 6.42 Å². The van der Waals surface area contributed by atoms with Crippen LogP contribution in [0.2, 0.25) is 0 Å². The number of non-ortho nitro benzene ring substituents is 1. The largest absolute Gasteiger partial charge is 0.296 e. The average molecular weight is 410 g/mol. The summed E-state index contributed by atoms with van der Waals surface area (Å²) in [6.07, 6.45) is 1.48. The molecule has 0 bridgehead atoms. The van der Waals surface area contributed by atoms with Crippen molar-refractivity contribution in [3.63, 3.8) is 0 Å². The van der Waals surface area contributed by atoms with Crippen LogP contribution in [0.25, 0.3) is 0 Å². The second kappa shape index (κ2) is 9.28. The summed E-state index contributed by atoms with van der Waals surface area (Å²) in [5.74, 6) is -0.860. The van der Waals surface area contributed by atoms with Gasteiger partial charge in [-0.05, 0) is 17.7 Å². The zero-order valence-electron chi connectivity index (χ0n) is 14.8. The Kier molecular flexibility index (Phi) is 6.32. The number of amides is 2. The van der Waals surface area contributed by atoms with Gasteiger partial charge < -0.3 is 0 Å². The van der Waals surface area contributed by atoms with E-state index in [9.17, 15) is 19.7 Å². The first-order chi connectivity index (χ1) is 14.0. The van der Waals surface area contributed by atoms with Gasteiger partial charge in [-0.3, -0.25) is 25.0 Å². The molecule has 2 aromatic carbocycles. The Morgan fingerprint density at radius 2 is 1.83 bits per heavy atom. The van der Waals surface area contributed by atoms with E-state index in [2.05, 4.69) is 26.0 Å². The highest BCUT2D eigenvalue weighted by atomic mass is 32.1. The molecule has 1 heterocycles. The first-order valence-corrected chi connectivity index (χ1v) is 9.08. The first-order valence-electron chi connectivity index (χ1n) is 8.26. The van der Waals surface area contributed by atoms with E-state index in [0.717, 1.165) is 16.9 Å². The SMILES string of the molecule is O=C(Cc1nnc(NC(=O)c2ccc([N+](=O)[O-])cc2)s1)N/N=C\c1ccccc1. The summed E-state index contributed by atoms with van der Waals surface area (Å²) in [6, 6.07) is 14.4. The quantitative estimate of drug-likeness (QED) is 0.348. The molecule has 146 valence electrons. The number of rotatable bonds is 7. The molecule has 1 aromatic heterocycles. The Balaban J connectivity index is 1.52. The van der Waals surface area contributed by atoms with Crippen molar-refractivity contribution < 1.29 is 14.5 Å². The van der Waals surface area contributed by atoms with Crippen LogP contribution >= 0.6 is 11.3 Å². The number of aromatic nitrogens is 2. The van der Waals surface area contributed by atoms with Gasteiger partial charge in [0.15, 0.2) is 0 Å². The van der Waals surface area contributed by atoms with Crippen LogP contribution < -0.4 is 10.7 Å². The normalized spacial score (nSPS) is 10.6. The zero-order valence-corrected chi connectivity index (χ0v) is 15.6. The van der Waals surface area contributed by atoms with Crippen LogP contribution in [0.15, 0.2) is 59.7 Å². The summed E-state index contributed by atoms with van der Waals surface area (Å²) in [7, 11) is 0. The monoisotopic (exact) mass is 410 g/mol. The van der Waals surface area contributed by atoms with Crippen LogP contribution in [-0.2, 0) is 11.2 Å². The molecule has 10 nitrogen and oxygen atoms in total. The number of carbonyl (C=O) groups is 2. The summed E-state index contributed by atoms with van der Waals surface area (Å²) in [5.41, 5.74) is 3.37. The van der Waals surface area contributed by atoms with Gasteiger partial charge in [0.05, 0.1) is 17.6 Å². The number of nitro benzene ring substituents is 1. The molecular formula is C18H14N6O4S. The van der Waals surface area contributed by atoms with E-state index in [-0.39, 0.29) is 28.7 Å². The minimum absolute atomic E-state index is 0.0444. The maximum atomic E-state index is 12.2. The summed E-state index contributed by atoms with van der Waals surface area (Å²) in [6.45, 7) is 0. The molecule has 0 saturated heterocycles. The van der Waals surface area contributed by atoms with Gasteiger partial charge >= 0.3 is 0 Å². The predicted octanol–water partition coefficient (Wildman–Crippen LogP) is 2.39. The number of nitro groups is 1. The smallest absolute Gasteiger partial charge is 0.269 e. The van der Waals surface area contributed by atoms with Crippen molar-refractivity contribution in [1.82, 2.24) is 15.6 Å². The van der Waals surface area contributed by atoms with Gasteiger partial charge in [0.2, 0.25) is 11.0 Å². The fourth-order valence-electron chi connectivity index (χ4n) is 2.17. The Morgan fingerprint density at radius 1 is 1.10 bits per heavy atom. The second-order valence-electron chi connectivity index (χ2n) is 5.64. The number of hydrogen-bond donors (Lipinski definition) is 2. The number of nitrogens with one attached hydrogen (secondary N) is 2. The van der Waals surface area contributed by atoms with Crippen LogP contribution in [-0.4, -0.2) is 33.1 Å². The number of benzene rings is 2. The van der Waals surface area contributed by atoms with E-state index in [0.29, 0.717) is 5.01 Å². The lowest BCUT2D eigenvalue weighted by molar-refractivity contribution is -0.384. The first kappa shape index (κ1) is 19.8. The highest BCUT2D eigenvalue weighted by Crippen LogP contribution is 2.18. The molecule has 2 N–H and O–H groups in total. The van der Waals surface area contributed by atoms with Gasteiger partial charge in [0, 0.05) is 17.7 Å². The summed E-state index contributed by atoms with van der Waals surface area (Å²) in [5, 5.41) is 25.3. The van der Waals surface area contributed by atoms with Crippen LogP contribution in [0.3, 0.4) is 0 Å². The van der Waals surface area contributed by atoms with Crippen LogP contribution in [0.1, 0.15) is 20.9 Å². The highest BCUT2D eigenvalue weighted by Gasteiger charge is 2.13. The van der Waals surface area contributed by atoms with Crippen LogP contribution in [0, 0.1) is 10.1 Å². The van der Waals surface area contributed by atoms with E-state index < -0.39 is 10.8 Å². The molecule has 11 heteroatoms. The molecular weight excluding hydrogens is 396 g/mol. The molecule has 0 aliphatic heterocycles. The molecule has 0 radical (unpaired) electrons. The number of anilines is 1. The van der Waals surface area contributed by atoms with Gasteiger partial charge in [-0.25, -0.2) is 5.43 Å². The zero-order chi connectivity index (χ0) is 20.6. The third kappa shape index (κ3) is 5.74. The van der Waals surface area contributed by atoms with Crippen molar-refractivity contribution >= 4 is 40.2 Å². The summed E-state index contributed by atoms with van der Waals surface area (Å²) in [4.78, 5) is 34.2. The molecule has 0 saturated carbocycles. The maximum Gasteiger partial charge on any atom is 0.269 e. The van der Waals surface area contributed by atoms with Crippen molar-refractivity contribution in [2.75, 3.05) is 5.32 Å². The number of carbonyl (C=O) groups excluding carboxylic acids is 2.